The van der Waals surface area contributed by atoms with E-state index in [0.29, 0.717) is 0 Å². The van der Waals surface area contributed by atoms with Gasteiger partial charge in [0.15, 0.2) is 6.61 Å². The van der Waals surface area contributed by atoms with Gasteiger partial charge in [0.1, 0.15) is 6.54 Å². The quantitative estimate of drug-likeness (QED) is 0.704. The summed E-state index contributed by atoms with van der Waals surface area (Å²) in [5, 5.41) is 2.79. The van der Waals surface area contributed by atoms with Crippen LogP contribution in [0.5, 0.6) is 0 Å². The Kier molecular flexibility index (Phi) is 6.55. The lowest BCUT2D eigenvalue weighted by molar-refractivity contribution is -0.147. The molecule has 1 aromatic carbocycles. The number of carbonyl (C=O) groups excluding carboxylic acids is 2. The highest BCUT2D eigenvalue weighted by Crippen LogP contribution is 2.17. The van der Waals surface area contributed by atoms with Crippen molar-refractivity contribution >= 4 is 21.9 Å². The van der Waals surface area contributed by atoms with Crippen LogP contribution in [0.2, 0.25) is 0 Å². The summed E-state index contributed by atoms with van der Waals surface area (Å²) in [4.78, 5) is 23.4. The van der Waals surface area contributed by atoms with Gasteiger partial charge in [-0.1, -0.05) is 18.9 Å². The summed E-state index contributed by atoms with van der Waals surface area (Å²) in [6.45, 7) is 2.77. The highest BCUT2D eigenvalue weighted by Gasteiger charge is 2.19. The largest absolute Gasteiger partial charge is 0.455 e. The van der Waals surface area contributed by atoms with Gasteiger partial charge in [-0.3, -0.25) is 9.59 Å². The van der Waals surface area contributed by atoms with Crippen LogP contribution in [0.1, 0.15) is 36.8 Å². The number of nitrogens with one attached hydrogen (secondary N) is 2. The van der Waals surface area contributed by atoms with Crippen LogP contribution < -0.4 is 10.0 Å². The summed E-state index contributed by atoms with van der Waals surface area (Å²) < 4.78 is 31.3. The van der Waals surface area contributed by atoms with Gasteiger partial charge in [0.05, 0.1) is 4.90 Å². The van der Waals surface area contributed by atoms with E-state index < -0.39 is 29.1 Å². The summed E-state index contributed by atoms with van der Waals surface area (Å²) in [5.41, 5.74) is 1.82. The fourth-order valence-corrected chi connectivity index (χ4v) is 3.71. The highest BCUT2D eigenvalue weighted by atomic mass is 32.2. The molecule has 0 radical (unpaired) electrons. The minimum absolute atomic E-state index is 0.0855. The Morgan fingerprint density at radius 1 is 1.16 bits per heavy atom. The Bertz CT molecular complexity index is 739. The van der Waals surface area contributed by atoms with Gasteiger partial charge in [0.25, 0.3) is 5.91 Å². The van der Waals surface area contributed by atoms with Crippen molar-refractivity contribution in [2.45, 2.75) is 50.5 Å². The molecule has 2 rings (SSSR count). The number of hydrogen-bond donors (Lipinski definition) is 2. The molecular formula is C17H24N2O5S. The van der Waals surface area contributed by atoms with E-state index in [2.05, 4.69) is 10.0 Å². The third-order valence-electron chi connectivity index (χ3n) is 4.28. The molecule has 7 nitrogen and oxygen atoms in total. The fourth-order valence-electron chi connectivity index (χ4n) is 2.65. The normalized spacial score (nSPS) is 15.1. The molecule has 0 aliphatic heterocycles. The van der Waals surface area contributed by atoms with E-state index in [-0.39, 0.29) is 16.8 Å². The number of amides is 1. The molecule has 138 valence electrons. The zero-order valence-corrected chi connectivity index (χ0v) is 15.3. The third kappa shape index (κ3) is 5.82. The minimum Gasteiger partial charge on any atom is -0.455 e. The second-order valence-electron chi connectivity index (χ2n) is 6.28. The molecule has 1 aliphatic carbocycles. The molecule has 1 amide bonds. The molecule has 0 saturated heterocycles. The molecule has 1 fully saturated rings. The average molecular weight is 368 g/mol. The van der Waals surface area contributed by atoms with Gasteiger partial charge in [-0.15, -0.1) is 0 Å². The molecule has 0 bridgehead atoms. The number of sulfonamides is 1. The van der Waals surface area contributed by atoms with Crippen LogP contribution in [0.25, 0.3) is 0 Å². The molecular weight excluding hydrogens is 344 g/mol. The molecule has 1 aliphatic rings. The van der Waals surface area contributed by atoms with E-state index in [4.69, 9.17) is 4.74 Å². The van der Waals surface area contributed by atoms with Crippen LogP contribution in [0.4, 0.5) is 0 Å². The maximum Gasteiger partial charge on any atom is 0.321 e. The monoisotopic (exact) mass is 368 g/mol. The number of rotatable bonds is 7. The second kappa shape index (κ2) is 8.44. The SMILES string of the molecule is Cc1ccc(S(=O)(=O)NCC(=O)OCC(=O)NC2CCCC2)cc1C. The molecule has 0 aromatic heterocycles. The van der Waals surface area contributed by atoms with Gasteiger partial charge in [-0.25, -0.2) is 8.42 Å². The van der Waals surface area contributed by atoms with E-state index in [1.165, 1.54) is 12.1 Å². The smallest absolute Gasteiger partial charge is 0.321 e. The zero-order valence-electron chi connectivity index (χ0n) is 14.5. The van der Waals surface area contributed by atoms with Gasteiger partial charge in [-0.2, -0.15) is 4.72 Å². The molecule has 0 unspecified atom stereocenters. The second-order valence-corrected chi connectivity index (χ2v) is 8.05. The topological polar surface area (TPSA) is 102 Å². The van der Waals surface area contributed by atoms with Crippen molar-refractivity contribution in [1.82, 2.24) is 10.0 Å². The van der Waals surface area contributed by atoms with Crippen LogP contribution in [-0.4, -0.2) is 39.5 Å². The molecule has 25 heavy (non-hydrogen) atoms. The van der Waals surface area contributed by atoms with Crippen molar-refractivity contribution in [3.8, 4) is 0 Å². The lowest BCUT2D eigenvalue weighted by Crippen LogP contribution is -2.37. The Hall–Kier alpha value is -1.93. The molecule has 8 heteroatoms. The Labute approximate surface area is 148 Å². The Morgan fingerprint density at radius 3 is 2.48 bits per heavy atom. The summed E-state index contributed by atoms with van der Waals surface area (Å²) in [6.07, 6.45) is 4.06. The first-order valence-corrected chi connectivity index (χ1v) is 9.78. The van der Waals surface area contributed by atoms with E-state index in [1.807, 2.05) is 13.8 Å². The minimum atomic E-state index is -3.80. The van der Waals surface area contributed by atoms with Crippen LogP contribution >= 0.6 is 0 Å². The highest BCUT2D eigenvalue weighted by molar-refractivity contribution is 7.89. The molecule has 0 heterocycles. The van der Waals surface area contributed by atoms with Crippen molar-refractivity contribution in [3.63, 3.8) is 0 Å². The molecule has 2 N–H and O–H groups in total. The van der Waals surface area contributed by atoms with Crippen molar-refractivity contribution in [1.29, 1.82) is 0 Å². The van der Waals surface area contributed by atoms with Crippen LogP contribution in [-0.2, 0) is 24.3 Å². The average Bonchev–Trinajstić information content (AvgIpc) is 3.06. The van der Waals surface area contributed by atoms with Gasteiger partial charge < -0.3 is 10.1 Å². The van der Waals surface area contributed by atoms with Crippen molar-refractivity contribution in [2.24, 2.45) is 0 Å². The number of hydrogen-bond acceptors (Lipinski definition) is 5. The first-order chi connectivity index (χ1) is 11.8. The van der Waals surface area contributed by atoms with Gasteiger partial charge >= 0.3 is 5.97 Å². The molecule has 1 saturated carbocycles. The number of esters is 1. The summed E-state index contributed by atoms with van der Waals surface area (Å²) >= 11 is 0. The van der Waals surface area contributed by atoms with E-state index in [9.17, 15) is 18.0 Å². The predicted molar refractivity (Wildman–Crippen MR) is 92.5 cm³/mol. The van der Waals surface area contributed by atoms with Crippen molar-refractivity contribution in [3.05, 3.63) is 29.3 Å². The van der Waals surface area contributed by atoms with Gasteiger partial charge in [-0.05, 0) is 49.9 Å². The van der Waals surface area contributed by atoms with Crippen LogP contribution in [0.15, 0.2) is 23.1 Å². The summed E-state index contributed by atoms with van der Waals surface area (Å²) in [7, 11) is -3.80. The van der Waals surface area contributed by atoms with Gasteiger partial charge in [0.2, 0.25) is 10.0 Å². The lowest BCUT2D eigenvalue weighted by atomic mass is 10.1. The molecule has 0 spiro atoms. The number of carbonyl (C=O) groups is 2. The standard InChI is InChI=1S/C17H24N2O5S/c1-12-7-8-15(9-13(12)2)25(22,23)18-10-17(21)24-11-16(20)19-14-5-3-4-6-14/h7-9,14,18H,3-6,10-11H2,1-2H3,(H,19,20). The zero-order chi connectivity index (χ0) is 18.4. The third-order valence-corrected chi connectivity index (χ3v) is 5.68. The van der Waals surface area contributed by atoms with E-state index in [1.54, 1.807) is 6.07 Å². The van der Waals surface area contributed by atoms with Crippen molar-refractivity contribution < 1.29 is 22.7 Å². The number of ether oxygens (including phenoxy) is 1. The molecule has 1 aromatic rings. The maximum atomic E-state index is 12.2. The van der Waals surface area contributed by atoms with Crippen molar-refractivity contribution in [2.75, 3.05) is 13.2 Å². The van der Waals surface area contributed by atoms with E-state index >= 15 is 0 Å². The molecule has 0 atom stereocenters. The maximum absolute atomic E-state index is 12.2. The number of benzene rings is 1. The fraction of sp³-hybridized carbons (Fsp3) is 0.529. The Balaban J connectivity index is 1.78. The first-order valence-electron chi connectivity index (χ1n) is 8.30. The van der Waals surface area contributed by atoms with Crippen LogP contribution in [0, 0.1) is 13.8 Å². The lowest BCUT2D eigenvalue weighted by Gasteiger charge is -2.12. The van der Waals surface area contributed by atoms with E-state index in [0.717, 1.165) is 36.8 Å². The summed E-state index contributed by atoms with van der Waals surface area (Å²) in [6, 6.07) is 4.87. The predicted octanol–water partition coefficient (Wildman–Crippen LogP) is 1.18. The first kappa shape index (κ1) is 19.4. The van der Waals surface area contributed by atoms with Crippen LogP contribution in [0.3, 0.4) is 0 Å². The summed E-state index contributed by atoms with van der Waals surface area (Å²) in [5.74, 6) is -1.16. The Morgan fingerprint density at radius 2 is 1.84 bits per heavy atom. The number of aryl methyl sites for hydroxylation is 2. The van der Waals surface area contributed by atoms with Gasteiger partial charge in [0, 0.05) is 6.04 Å².